The molecule has 8 heteroatoms. The molecule has 2 aromatic rings. The Labute approximate surface area is 160 Å². The third kappa shape index (κ3) is 3.78. The van der Waals surface area contributed by atoms with Gasteiger partial charge in [-0.2, -0.15) is 0 Å². The van der Waals surface area contributed by atoms with Gasteiger partial charge < -0.3 is 5.32 Å². The van der Waals surface area contributed by atoms with E-state index in [1.807, 2.05) is 6.92 Å². The van der Waals surface area contributed by atoms with E-state index in [1.165, 1.54) is 29.2 Å². The lowest BCUT2D eigenvalue weighted by molar-refractivity contribution is -0.130. The number of amides is 4. The van der Waals surface area contributed by atoms with Crippen LogP contribution in [0.25, 0.3) is 0 Å². The summed E-state index contributed by atoms with van der Waals surface area (Å²) in [7, 11) is 0. The molecule has 1 aliphatic rings. The summed E-state index contributed by atoms with van der Waals surface area (Å²) in [5.41, 5.74) is 1.72. The van der Waals surface area contributed by atoms with Gasteiger partial charge in [0.2, 0.25) is 5.91 Å². The minimum atomic E-state index is -0.787. The molecule has 0 radical (unpaired) electrons. The van der Waals surface area contributed by atoms with E-state index in [-0.39, 0.29) is 0 Å². The minimum Gasteiger partial charge on any atom is -0.324 e. The van der Waals surface area contributed by atoms with Crippen LogP contribution >= 0.6 is 11.6 Å². The quantitative estimate of drug-likeness (QED) is 0.812. The average Bonchev–Trinajstić information content (AvgIpc) is 2.83. The summed E-state index contributed by atoms with van der Waals surface area (Å²) < 4.78 is 13.1. The van der Waals surface area contributed by atoms with Crippen molar-refractivity contribution in [3.63, 3.8) is 0 Å². The summed E-state index contributed by atoms with van der Waals surface area (Å²) in [4.78, 5) is 39.5. The number of halogens is 2. The van der Waals surface area contributed by atoms with Crippen molar-refractivity contribution in [1.29, 1.82) is 0 Å². The number of imide groups is 1. The molecule has 1 aliphatic heterocycles. The summed E-state index contributed by atoms with van der Waals surface area (Å²) in [5, 5.41) is 3.11. The zero-order valence-electron chi connectivity index (χ0n) is 14.7. The average molecular weight is 390 g/mol. The van der Waals surface area contributed by atoms with Crippen LogP contribution in [0.15, 0.2) is 42.5 Å². The van der Waals surface area contributed by atoms with Gasteiger partial charge in [0.15, 0.2) is 0 Å². The van der Waals surface area contributed by atoms with Crippen molar-refractivity contribution in [2.24, 2.45) is 0 Å². The van der Waals surface area contributed by atoms with Crippen LogP contribution in [-0.4, -0.2) is 35.3 Å². The number of carbonyl (C=O) groups is 3. The van der Waals surface area contributed by atoms with Crippen LogP contribution in [-0.2, 0) is 9.59 Å². The molecule has 1 N–H and O–H groups in total. The second-order valence-corrected chi connectivity index (χ2v) is 6.65. The molecule has 0 spiro atoms. The van der Waals surface area contributed by atoms with Gasteiger partial charge in [-0.25, -0.2) is 9.18 Å². The van der Waals surface area contributed by atoms with Crippen molar-refractivity contribution in [2.75, 3.05) is 16.8 Å². The number of nitrogens with zero attached hydrogens (tertiary/aromatic N) is 2. The van der Waals surface area contributed by atoms with Gasteiger partial charge in [-0.3, -0.25) is 19.4 Å². The maximum Gasteiger partial charge on any atom is 0.332 e. The van der Waals surface area contributed by atoms with Gasteiger partial charge in [-0.15, -0.1) is 0 Å². The topological polar surface area (TPSA) is 69.7 Å². The van der Waals surface area contributed by atoms with Crippen molar-refractivity contribution in [3.8, 4) is 0 Å². The summed E-state index contributed by atoms with van der Waals surface area (Å²) >= 11 is 6.03. The van der Waals surface area contributed by atoms with Crippen molar-refractivity contribution in [2.45, 2.75) is 19.9 Å². The second kappa shape index (κ2) is 7.36. The summed E-state index contributed by atoms with van der Waals surface area (Å²) in [6.45, 7) is 2.97. The highest BCUT2D eigenvalue weighted by Crippen LogP contribution is 2.26. The number of anilines is 2. The highest BCUT2D eigenvalue weighted by Gasteiger charge is 2.44. The number of hydrogen-bond donors (Lipinski definition) is 1. The van der Waals surface area contributed by atoms with Gasteiger partial charge >= 0.3 is 6.03 Å². The van der Waals surface area contributed by atoms with Gasteiger partial charge in [0, 0.05) is 16.4 Å². The smallest absolute Gasteiger partial charge is 0.324 e. The molecule has 3 rings (SSSR count). The third-order valence-corrected chi connectivity index (χ3v) is 4.72. The van der Waals surface area contributed by atoms with E-state index in [0.29, 0.717) is 16.4 Å². The normalized spacial score (nSPS) is 16.8. The predicted octanol–water partition coefficient (Wildman–Crippen LogP) is 3.58. The monoisotopic (exact) mass is 389 g/mol. The van der Waals surface area contributed by atoms with Crippen LogP contribution in [0, 0.1) is 12.7 Å². The number of benzene rings is 2. The van der Waals surface area contributed by atoms with Crippen molar-refractivity contribution < 1.29 is 18.8 Å². The van der Waals surface area contributed by atoms with Crippen molar-refractivity contribution in [1.82, 2.24) is 4.90 Å². The fourth-order valence-electron chi connectivity index (χ4n) is 2.82. The first-order valence-electron chi connectivity index (χ1n) is 8.24. The van der Waals surface area contributed by atoms with Gasteiger partial charge in [0.05, 0.1) is 0 Å². The van der Waals surface area contributed by atoms with E-state index in [0.717, 1.165) is 10.5 Å². The standard InChI is InChI=1S/C19H17ClFN3O3/c1-11-3-6-14(9-16(11)20)22-17(25)10-23-18(26)12(2)24(19(23)27)15-7-4-13(21)5-8-15/h3-9,12H,10H2,1-2H3,(H,22,25). The molecule has 1 heterocycles. The molecular weight excluding hydrogens is 373 g/mol. The molecule has 0 aliphatic carbocycles. The Hall–Kier alpha value is -2.93. The van der Waals surface area contributed by atoms with Crippen molar-refractivity contribution in [3.05, 3.63) is 58.9 Å². The molecule has 4 amide bonds. The van der Waals surface area contributed by atoms with Crippen LogP contribution in [0.5, 0.6) is 0 Å². The Balaban J connectivity index is 1.73. The molecule has 1 unspecified atom stereocenters. The Morgan fingerprint density at radius 1 is 1.19 bits per heavy atom. The Morgan fingerprint density at radius 3 is 2.48 bits per heavy atom. The predicted molar refractivity (Wildman–Crippen MR) is 100 cm³/mol. The minimum absolute atomic E-state index is 0.385. The molecule has 1 fully saturated rings. The first kappa shape index (κ1) is 18.8. The molecule has 0 bridgehead atoms. The van der Waals surface area contributed by atoms with Crippen LogP contribution in [0.4, 0.5) is 20.6 Å². The number of carbonyl (C=O) groups excluding carboxylic acids is 3. The first-order chi connectivity index (χ1) is 12.8. The summed E-state index contributed by atoms with van der Waals surface area (Å²) in [6.07, 6.45) is 0. The van der Waals surface area contributed by atoms with Crippen LogP contribution in [0.1, 0.15) is 12.5 Å². The Morgan fingerprint density at radius 2 is 1.85 bits per heavy atom. The molecular formula is C19H17ClFN3O3. The summed E-state index contributed by atoms with van der Waals surface area (Å²) in [5.74, 6) is -1.47. The van der Waals surface area contributed by atoms with Crippen LogP contribution < -0.4 is 10.2 Å². The molecule has 0 aromatic heterocycles. The van der Waals surface area contributed by atoms with E-state index in [2.05, 4.69) is 5.32 Å². The SMILES string of the molecule is Cc1ccc(NC(=O)CN2C(=O)C(C)N(c3ccc(F)cc3)C2=O)cc1Cl. The molecule has 140 valence electrons. The van der Waals surface area contributed by atoms with E-state index in [1.54, 1.807) is 25.1 Å². The zero-order valence-corrected chi connectivity index (χ0v) is 15.5. The van der Waals surface area contributed by atoms with Crippen LogP contribution in [0.3, 0.4) is 0 Å². The third-order valence-electron chi connectivity index (χ3n) is 4.31. The number of urea groups is 1. The van der Waals surface area contributed by atoms with Gasteiger partial charge in [-0.05, 0) is 55.8 Å². The van der Waals surface area contributed by atoms with E-state index >= 15 is 0 Å². The number of hydrogen-bond acceptors (Lipinski definition) is 3. The lowest BCUT2D eigenvalue weighted by atomic mass is 10.2. The second-order valence-electron chi connectivity index (χ2n) is 6.24. The number of nitrogens with one attached hydrogen (secondary N) is 1. The lowest BCUT2D eigenvalue weighted by Gasteiger charge is -2.19. The first-order valence-corrected chi connectivity index (χ1v) is 8.62. The van der Waals surface area contributed by atoms with Gasteiger partial charge in [0.25, 0.3) is 5.91 Å². The van der Waals surface area contributed by atoms with Crippen molar-refractivity contribution >= 4 is 40.8 Å². The highest BCUT2D eigenvalue weighted by atomic mass is 35.5. The number of rotatable bonds is 4. The summed E-state index contributed by atoms with van der Waals surface area (Å²) in [6, 6.07) is 8.84. The largest absolute Gasteiger partial charge is 0.332 e. The molecule has 0 saturated carbocycles. The highest BCUT2D eigenvalue weighted by molar-refractivity contribution is 6.31. The molecule has 1 saturated heterocycles. The molecule has 27 heavy (non-hydrogen) atoms. The number of aryl methyl sites for hydroxylation is 1. The fourth-order valence-corrected chi connectivity index (χ4v) is 3.00. The molecule has 6 nitrogen and oxygen atoms in total. The fraction of sp³-hybridized carbons (Fsp3) is 0.211. The lowest BCUT2D eigenvalue weighted by Crippen LogP contribution is -2.39. The Kier molecular flexibility index (Phi) is 5.14. The van der Waals surface area contributed by atoms with E-state index < -0.39 is 36.2 Å². The molecule has 1 atom stereocenters. The van der Waals surface area contributed by atoms with Gasteiger partial charge in [0.1, 0.15) is 18.4 Å². The maximum atomic E-state index is 13.1. The van der Waals surface area contributed by atoms with E-state index in [9.17, 15) is 18.8 Å². The maximum absolute atomic E-state index is 13.1. The Bertz CT molecular complexity index is 917. The van der Waals surface area contributed by atoms with Gasteiger partial charge in [-0.1, -0.05) is 17.7 Å². The van der Waals surface area contributed by atoms with Crippen LogP contribution in [0.2, 0.25) is 5.02 Å². The zero-order chi connectivity index (χ0) is 19.7. The van der Waals surface area contributed by atoms with E-state index in [4.69, 9.17) is 11.6 Å². The molecule has 2 aromatic carbocycles.